The van der Waals surface area contributed by atoms with E-state index in [-0.39, 0.29) is 34.4 Å². The molecule has 0 aliphatic carbocycles. The van der Waals surface area contributed by atoms with Crippen LogP contribution in [0.1, 0.15) is 29.2 Å². The Hall–Kier alpha value is -3.14. The highest BCUT2D eigenvalue weighted by Crippen LogP contribution is 2.68. The zero-order chi connectivity index (χ0) is 28.9. The minimum atomic E-state index is -0.888. The van der Waals surface area contributed by atoms with Crippen molar-refractivity contribution < 1.29 is 19.5 Å². The molecule has 0 radical (unpaired) electrons. The summed E-state index contributed by atoms with van der Waals surface area (Å²) < 4.78 is -0.836. The van der Waals surface area contributed by atoms with E-state index in [1.165, 1.54) is 0 Å². The van der Waals surface area contributed by atoms with Crippen molar-refractivity contribution in [1.29, 1.82) is 0 Å². The molecule has 3 aromatic carbocycles. The van der Waals surface area contributed by atoms with Crippen molar-refractivity contribution in [3.05, 3.63) is 95.6 Å². The summed E-state index contributed by atoms with van der Waals surface area (Å²) >= 11 is 5.39. The largest absolute Gasteiger partial charge is 0.394 e. The number of carbonyl (C=O) groups excluding carboxylic acids is 3. The highest BCUT2D eigenvalue weighted by Gasteiger charge is 2.76. The molecule has 41 heavy (non-hydrogen) atoms. The van der Waals surface area contributed by atoms with Crippen LogP contribution in [0, 0.1) is 25.7 Å². The van der Waals surface area contributed by atoms with E-state index in [1.807, 2.05) is 92.7 Å². The lowest BCUT2D eigenvalue weighted by Gasteiger charge is -2.37. The predicted octanol–water partition coefficient (Wildman–Crippen LogP) is 5.08. The molecule has 3 aliphatic heterocycles. The Bertz CT molecular complexity index is 1470. The SMILES string of the molecule is Cc1cccc(C)c1NC(=O)C1N([C@H](CO)c2ccccc2)C(=O)[C@@H]2[C@@H](C(=O)Nc3ccccc3)[C@@H]3SC12CC3Br. The number of likely N-dealkylation sites (tertiary alicyclic amines) is 1. The number of anilines is 2. The van der Waals surface area contributed by atoms with Crippen LogP contribution in [0.5, 0.6) is 0 Å². The third kappa shape index (κ3) is 4.58. The van der Waals surface area contributed by atoms with E-state index in [0.29, 0.717) is 12.1 Å². The lowest BCUT2D eigenvalue weighted by molar-refractivity contribution is -0.141. The highest BCUT2D eigenvalue weighted by atomic mass is 79.9. The molecule has 212 valence electrons. The number of rotatable bonds is 7. The fraction of sp³-hybridized carbons (Fsp3) is 0.344. The Balaban J connectivity index is 1.44. The van der Waals surface area contributed by atoms with Crippen LogP contribution in [-0.2, 0) is 14.4 Å². The molecule has 3 aliphatic rings. The van der Waals surface area contributed by atoms with Crippen molar-refractivity contribution in [2.45, 2.75) is 47.2 Å². The van der Waals surface area contributed by atoms with E-state index in [9.17, 15) is 19.5 Å². The van der Waals surface area contributed by atoms with Gasteiger partial charge < -0.3 is 20.6 Å². The molecule has 3 N–H and O–H groups in total. The van der Waals surface area contributed by atoms with Gasteiger partial charge in [0.1, 0.15) is 6.04 Å². The van der Waals surface area contributed by atoms with Gasteiger partial charge in [0.2, 0.25) is 17.7 Å². The first-order chi connectivity index (χ1) is 19.8. The van der Waals surface area contributed by atoms with Gasteiger partial charge in [0.25, 0.3) is 0 Å². The number of aliphatic hydroxyl groups is 1. The second-order valence-electron chi connectivity index (χ2n) is 11.1. The maximum absolute atomic E-state index is 14.5. The molecule has 6 rings (SSSR count). The Kier molecular flexibility index (Phi) is 7.46. The van der Waals surface area contributed by atoms with Crippen LogP contribution in [0.2, 0.25) is 0 Å². The third-order valence-corrected chi connectivity index (χ3v) is 12.0. The van der Waals surface area contributed by atoms with Gasteiger partial charge in [-0.15, -0.1) is 11.8 Å². The second kappa shape index (κ2) is 10.9. The minimum absolute atomic E-state index is 0.0529. The molecule has 7 atom stereocenters. The smallest absolute Gasteiger partial charge is 0.248 e. The molecule has 3 amide bonds. The first-order valence-electron chi connectivity index (χ1n) is 13.8. The molecule has 3 heterocycles. The van der Waals surface area contributed by atoms with Crippen LogP contribution in [0.4, 0.5) is 11.4 Å². The zero-order valence-corrected chi connectivity index (χ0v) is 25.2. The number of aryl methyl sites for hydroxylation is 2. The number of aliphatic hydroxyl groups excluding tert-OH is 1. The third-order valence-electron chi connectivity index (χ3n) is 8.74. The van der Waals surface area contributed by atoms with Crippen molar-refractivity contribution in [2.24, 2.45) is 11.8 Å². The zero-order valence-electron chi connectivity index (χ0n) is 22.8. The second-order valence-corrected chi connectivity index (χ2v) is 13.8. The van der Waals surface area contributed by atoms with Crippen molar-refractivity contribution >= 4 is 56.8 Å². The van der Waals surface area contributed by atoms with Gasteiger partial charge in [-0.1, -0.05) is 82.7 Å². The lowest BCUT2D eigenvalue weighted by atomic mass is 9.70. The first-order valence-corrected chi connectivity index (χ1v) is 15.6. The van der Waals surface area contributed by atoms with Crippen LogP contribution in [0.25, 0.3) is 0 Å². The van der Waals surface area contributed by atoms with Crippen molar-refractivity contribution in [1.82, 2.24) is 4.90 Å². The van der Waals surface area contributed by atoms with E-state index in [1.54, 1.807) is 16.7 Å². The molecule has 2 bridgehead atoms. The summed E-state index contributed by atoms with van der Waals surface area (Å²) in [4.78, 5) is 44.3. The number of nitrogens with zero attached hydrogens (tertiary/aromatic N) is 1. The van der Waals surface area contributed by atoms with Gasteiger partial charge >= 0.3 is 0 Å². The maximum atomic E-state index is 14.5. The van der Waals surface area contributed by atoms with Gasteiger partial charge in [0.05, 0.1) is 29.2 Å². The number of halogens is 1. The summed E-state index contributed by atoms with van der Waals surface area (Å²) in [6, 6.07) is 22.7. The molecule has 3 fully saturated rings. The van der Waals surface area contributed by atoms with Gasteiger partial charge in [-0.3, -0.25) is 14.4 Å². The molecule has 7 nitrogen and oxygen atoms in total. The number of nitrogens with one attached hydrogen (secondary N) is 2. The number of benzene rings is 3. The first kappa shape index (κ1) is 28.0. The van der Waals surface area contributed by atoms with E-state index >= 15 is 0 Å². The standard InChI is InChI=1S/C32H32BrN3O4S/c1-18-10-9-11-19(2)26(18)35-30(39)28-32-16-22(33)27(41-32)24(29(38)34-21-14-7-4-8-15-21)25(32)31(40)36(28)23(17-37)20-12-5-3-6-13-20/h3-15,22-25,27-28,37H,16-17H2,1-2H3,(H,34,38)(H,35,39)/t22?,23-,24-,25+,27-,28?,32?/m1/s1. The van der Waals surface area contributed by atoms with Crippen LogP contribution in [0.15, 0.2) is 78.9 Å². The summed E-state index contributed by atoms with van der Waals surface area (Å²) in [5.41, 5.74) is 3.97. The Labute approximate surface area is 252 Å². The fourth-order valence-electron chi connectivity index (χ4n) is 6.98. The molecule has 1 spiro atoms. The number of carbonyl (C=O) groups is 3. The summed E-state index contributed by atoms with van der Waals surface area (Å²) in [7, 11) is 0. The fourth-order valence-corrected chi connectivity index (χ4v) is 10.6. The molecular weight excluding hydrogens is 602 g/mol. The number of alkyl halides is 1. The van der Waals surface area contributed by atoms with Crippen molar-refractivity contribution in [3.8, 4) is 0 Å². The van der Waals surface area contributed by atoms with Crippen molar-refractivity contribution in [3.63, 3.8) is 0 Å². The minimum Gasteiger partial charge on any atom is -0.394 e. The van der Waals surface area contributed by atoms with Crippen LogP contribution in [0.3, 0.4) is 0 Å². The Morgan fingerprint density at radius 2 is 1.61 bits per heavy atom. The quantitative estimate of drug-likeness (QED) is 0.315. The summed E-state index contributed by atoms with van der Waals surface area (Å²) in [5.74, 6) is -2.14. The molecule has 3 saturated heterocycles. The normalized spacial score (nSPS) is 28.8. The number of amides is 3. The number of hydrogen-bond acceptors (Lipinski definition) is 5. The number of para-hydroxylation sites is 2. The van der Waals surface area contributed by atoms with Crippen molar-refractivity contribution in [2.75, 3.05) is 17.2 Å². The molecule has 0 saturated carbocycles. The van der Waals surface area contributed by atoms with Gasteiger partial charge in [-0.05, 0) is 49.1 Å². The molecule has 3 aromatic rings. The average Bonchev–Trinajstić information content (AvgIpc) is 3.56. The summed E-state index contributed by atoms with van der Waals surface area (Å²) in [6.07, 6.45) is 0.558. The lowest BCUT2D eigenvalue weighted by Crippen LogP contribution is -2.53. The van der Waals surface area contributed by atoms with Crippen LogP contribution < -0.4 is 10.6 Å². The van der Waals surface area contributed by atoms with E-state index < -0.39 is 28.7 Å². The van der Waals surface area contributed by atoms with Gasteiger partial charge in [-0.25, -0.2) is 0 Å². The predicted molar refractivity (Wildman–Crippen MR) is 165 cm³/mol. The van der Waals surface area contributed by atoms with E-state index in [2.05, 4.69) is 26.6 Å². The summed E-state index contributed by atoms with van der Waals surface area (Å²) in [5, 5.41) is 16.7. The highest BCUT2D eigenvalue weighted by molar-refractivity contribution is 9.09. The Morgan fingerprint density at radius 1 is 0.976 bits per heavy atom. The monoisotopic (exact) mass is 633 g/mol. The molecular formula is C32H32BrN3O4S. The van der Waals surface area contributed by atoms with Crippen LogP contribution in [-0.4, -0.2) is 55.2 Å². The van der Waals surface area contributed by atoms with E-state index in [4.69, 9.17) is 0 Å². The molecule has 9 heteroatoms. The summed E-state index contributed by atoms with van der Waals surface area (Å²) in [6.45, 7) is 3.53. The van der Waals surface area contributed by atoms with Crippen LogP contribution >= 0.6 is 27.7 Å². The maximum Gasteiger partial charge on any atom is 0.248 e. The van der Waals surface area contributed by atoms with Gasteiger partial charge in [0.15, 0.2) is 0 Å². The number of thioether (sulfide) groups is 1. The Morgan fingerprint density at radius 3 is 2.24 bits per heavy atom. The molecule has 0 aromatic heterocycles. The number of fused-ring (bicyclic) bond motifs is 1. The van der Waals surface area contributed by atoms with E-state index in [0.717, 1.165) is 22.4 Å². The van der Waals surface area contributed by atoms with Gasteiger partial charge in [0, 0.05) is 21.5 Å². The topological polar surface area (TPSA) is 98.7 Å². The van der Waals surface area contributed by atoms with Gasteiger partial charge in [-0.2, -0.15) is 0 Å². The number of hydrogen-bond donors (Lipinski definition) is 3. The molecule has 3 unspecified atom stereocenters. The average molecular weight is 635 g/mol.